The minimum Gasteiger partial charge on any atom is -0.394 e. The van der Waals surface area contributed by atoms with Gasteiger partial charge in [0.05, 0.1) is 82.8 Å². The van der Waals surface area contributed by atoms with Gasteiger partial charge in [-0.05, 0) is 23.0 Å². The highest BCUT2D eigenvalue weighted by molar-refractivity contribution is 7.66. The maximum absolute atomic E-state index is 13.0. The molecule has 84 heavy (non-hydrogen) atoms. The molecule has 2 saturated heterocycles. The summed E-state index contributed by atoms with van der Waals surface area (Å²) in [6.45, 7) is 9.98. The largest absolute Gasteiger partial charge is 0.490 e. The van der Waals surface area contributed by atoms with E-state index in [0.717, 1.165) is 5.56 Å². The normalized spacial score (nSPS) is 23.0. The zero-order valence-electron chi connectivity index (χ0n) is 45.6. The molecule has 11 atom stereocenters. The topological polar surface area (TPSA) is 485 Å². The molecule has 13 N–H and O–H groups in total. The second-order valence-electron chi connectivity index (χ2n) is 21.4. The van der Waals surface area contributed by atoms with Crippen molar-refractivity contribution in [3.8, 4) is 0 Å². The molecule has 0 bridgehead atoms. The average Bonchev–Trinajstić information content (AvgIpc) is 4.20. The lowest BCUT2D eigenvalue weighted by Gasteiger charge is -2.31. The number of phosphoric acid groups is 3. The Bertz CT molecular complexity index is 3430. The Kier molecular flexibility index (Phi) is 21.1. The maximum atomic E-state index is 13.0. The van der Waals surface area contributed by atoms with E-state index in [2.05, 4.69) is 33.4 Å². The number of nitrogens with zero attached hydrogens (tertiary/aromatic N) is 6. The molecular weight excluding hydrogens is 1180 g/mol. The first-order valence-electron chi connectivity index (χ1n) is 25.1. The van der Waals surface area contributed by atoms with E-state index in [-0.39, 0.29) is 80.0 Å². The maximum Gasteiger partial charge on any atom is 0.490 e. The number of anilines is 2. The highest BCUT2D eigenvalue weighted by Gasteiger charge is 2.44. The lowest BCUT2D eigenvalue weighted by molar-refractivity contribution is -0.386. The lowest BCUT2D eigenvalue weighted by Crippen LogP contribution is -2.30. The monoisotopic (exact) mass is 1250 g/mol. The predicted molar refractivity (Wildman–Crippen MR) is 297 cm³/mol. The van der Waals surface area contributed by atoms with Gasteiger partial charge in [-0.2, -0.15) is 13.6 Å². The number of aromatic nitrogens is 4. The van der Waals surface area contributed by atoms with E-state index in [1.54, 1.807) is 34.9 Å². The number of nitrogen functional groups attached to an aromatic ring is 1. The van der Waals surface area contributed by atoms with E-state index in [0.29, 0.717) is 22.5 Å². The van der Waals surface area contributed by atoms with Gasteiger partial charge in [0.1, 0.15) is 30.5 Å². The summed E-state index contributed by atoms with van der Waals surface area (Å²) < 4.78 is 79.4. The Morgan fingerprint density at radius 1 is 0.786 bits per heavy atom. The molecule has 464 valence electrons. The summed E-state index contributed by atoms with van der Waals surface area (Å²) in [5.74, 6) is 0.484. The van der Waals surface area contributed by atoms with Crippen LogP contribution in [0.1, 0.15) is 121 Å². The number of benzene rings is 2. The number of hydrogen-bond donors (Lipinski definition) is 11. The number of para-hydroxylation sites is 2. The van der Waals surface area contributed by atoms with Crippen LogP contribution >= 0.6 is 23.5 Å². The molecule has 0 spiro atoms. The number of methoxy groups -OCH3 is 1. The number of aliphatic hydroxyl groups is 3. The minimum absolute atomic E-state index is 0. The summed E-state index contributed by atoms with van der Waals surface area (Å²) in [7, 11) is -15.3. The molecule has 0 aliphatic carbocycles. The third-order valence-electron chi connectivity index (χ3n) is 13.1. The molecule has 2 aromatic carbocycles. The van der Waals surface area contributed by atoms with Gasteiger partial charge in [0.2, 0.25) is 5.95 Å². The summed E-state index contributed by atoms with van der Waals surface area (Å²) >= 11 is 0. The lowest BCUT2D eigenvalue weighted by atomic mass is 9.84. The first kappa shape index (κ1) is 67.2. The summed E-state index contributed by atoms with van der Waals surface area (Å²) in [4.78, 5) is 82.9. The molecule has 0 radical (unpaired) electrons. The van der Waals surface area contributed by atoms with Crippen molar-refractivity contribution < 1.29 is 95.3 Å². The number of aliphatic hydroxyl groups excluding tert-OH is 3. The van der Waals surface area contributed by atoms with Crippen LogP contribution in [0.3, 0.4) is 0 Å². The van der Waals surface area contributed by atoms with E-state index in [4.69, 9.17) is 44.9 Å². The zero-order chi connectivity index (χ0) is 61.3. The molecule has 8 rings (SSSR count). The quantitative estimate of drug-likeness (QED) is 0.0232. The van der Waals surface area contributed by atoms with Gasteiger partial charge < -0.3 is 84.5 Å². The molecule has 36 heteroatoms. The molecule has 5 aromatic rings. The fourth-order valence-corrected chi connectivity index (χ4v) is 12.7. The summed E-state index contributed by atoms with van der Waals surface area (Å²) in [5.41, 5.74) is 12.4. The van der Waals surface area contributed by atoms with Gasteiger partial charge in [-0.25, -0.2) is 18.7 Å². The van der Waals surface area contributed by atoms with Crippen LogP contribution in [-0.4, -0.2) is 115 Å². The summed E-state index contributed by atoms with van der Waals surface area (Å²) in [5, 5.41) is 56.9. The van der Waals surface area contributed by atoms with Crippen LogP contribution in [0.25, 0.3) is 11.0 Å². The zero-order valence-corrected chi connectivity index (χ0v) is 48.2. The van der Waals surface area contributed by atoms with E-state index in [9.17, 15) is 63.8 Å². The highest BCUT2D eigenvalue weighted by Crippen LogP contribution is 2.66. The van der Waals surface area contributed by atoms with Crippen LogP contribution in [-0.2, 0) is 63.7 Å². The Morgan fingerprint density at radius 2 is 1.29 bits per heavy atom. The second kappa shape index (κ2) is 26.4. The first-order valence-corrected chi connectivity index (χ1v) is 29.7. The van der Waals surface area contributed by atoms with Crippen molar-refractivity contribution in [2.24, 2.45) is 21.6 Å². The number of ether oxygens (including phenoxy) is 5. The van der Waals surface area contributed by atoms with Gasteiger partial charge in [0.25, 0.3) is 16.9 Å². The number of fused-ring (bicyclic) bond motifs is 2. The average molecular weight is 1250 g/mol. The number of aliphatic imine (C=N–C) groups is 1. The van der Waals surface area contributed by atoms with Crippen LogP contribution in [0.4, 0.5) is 23.1 Å². The third kappa shape index (κ3) is 15.9. The fraction of sp³-hybridized carbons (Fsp3) is 0.521. The van der Waals surface area contributed by atoms with Gasteiger partial charge in [-0.3, -0.25) is 34.5 Å². The van der Waals surface area contributed by atoms with E-state index in [1.165, 1.54) is 36.1 Å². The van der Waals surface area contributed by atoms with Gasteiger partial charge in [-0.1, -0.05) is 73.2 Å². The number of nitro benzene ring substituents is 2. The van der Waals surface area contributed by atoms with Crippen LogP contribution in [0, 0.1) is 31.1 Å². The van der Waals surface area contributed by atoms with Crippen LogP contribution in [0.15, 0.2) is 70.7 Å². The number of rotatable bonds is 21. The predicted octanol–water partition coefficient (Wildman–Crippen LogP) is 5.87. The standard InChI is InChI=1S/C24H33N5O7.C23H32N5O16P3.CH4/c1-24(2,3)20(14-7-5-6-8-15(14)29(32)33)35-12-13-10-28(18-9-16(31)17(11-30)36-18)21-19(13)22(34-4)27-23(25)26-21;1-23(2,3)19(13-6-4-5-7-14(13)28(31)32)40-10-12-9-27(20-18(12)21(30)26-22(24)25-20)17-8-15(29)16(42-17)11-41-46(36,37)44-47(38,39)43-45(33,34)35;/h5-8,10,16-18,20,22,30-31H,9,11-12H2,1-4H3,(H3,25,26,27);4-7,9,15-17,19,29H,8,10-11H2,1-3H3,(H,36,37)(H,38,39)(H2,33,34,35)(H3,24,25,26,30);1H4/t16?,17-,18-,20-,22?;15?,16-,17-,19-;/m11./s1. The smallest absolute Gasteiger partial charge is 0.394 e. The van der Waals surface area contributed by atoms with E-state index in [1.807, 2.05) is 47.7 Å². The van der Waals surface area contributed by atoms with Gasteiger partial charge in [0, 0.05) is 55.6 Å². The minimum atomic E-state index is -5.76. The summed E-state index contributed by atoms with van der Waals surface area (Å²) in [6, 6.07) is 12.7. The highest BCUT2D eigenvalue weighted by atomic mass is 31.3. The molecule has 0 saturated carbocycles. The number of nitro groups is 2. The molecule has 3 aliphatic rings. The van der Waals surface area contributed by atoms with Crippen LogP contribution in [0.5, 0.6) is 0 Å². The number of hydrogen-bond acceptors (Lipinski definition) is 24. The third-order valence-corrected chi connectivity index (χ3v) is 17.0. The van der Waals surface area contributed by atoms with Crippen molar-refractivity contribution in [3.05, 3.63) is 119 Å². The van der Waals surface area contributed by atoms with Gasteiger partial charge >= 0.3 is 23.5 Å². The summed E-state index contributed by atoms with van der Waals surface area (Å²) in [6.07, 6.45) is -4.71. The Hall–Kier alpha value is -5.90. The van der Waals surface area contributed by atoms with Gasteiger partial charge in [0.15, 0.2) is 17.8 Å². The molecule has 2 fully saturated rings. The number of nitrogens with one attached hydrogen (secondary N) is 2. The molecule has 5 unspecified atom stereocenters. The Labute approximate surface area is 479 Å². The fourth-order valence-electron chi connectivity index (χ4n) is 9.70. The molecule has 3 aliphatic heterocycles. The second-order valence-corrected chi connectivity index (χ2v) is 25.9. The number of nitrogens with two attached hydrogens (primary N) is 2. The van der Waals surface area contributed by atoms with Crippen molar-refractivity contribution in [2.75, 3.05) is 31.4 Å². The van der Waals surface area contributed by atoms with Crippen LogP contribution in [0.2, 0.25) is 0 Å². The molecule has 3 aromatic heterocycles. The van der Waals surface area contributed by atoms with Crippen molar-refractivity contribution in [3.63, 3.8) is 0 Å². The van der Waals surface area contributed by atoms with Crippen molar-refractivity contribution in [1.29, 1.82) is 0 Å². The first-order chi connectivity index (χ1) is 38.6. The Balaban J connectivity index is 0.000000275. The molecule has 6 heterocycles. The van der Waals surface area contributed by atoms with E-state index >= 15 is 0 Å². The van der Waals surface area contributed by atoms with Crippen molar-refractivity contribution >= 4 is 63.6 Å². The number of guanidine groups is 1. The van der Waals surface area contributed by atoms with Crippen molar-refractivity contribution in [2.45, 2.75) is 130 Å². The van der Waals surface area contributed by atoms with Crippen molar-refractivity contribution in [1.82, 2.24) is 19.1 Å². The Morgan fingerprint density at radius 3 is 1.79 bits per heavy atom. The van der Waals surface area contributed by atoms with E-state index < -0.39 is 112 Å². The molecular formula is C48H69N10O23P3. The number of phosphoric ester groups is 1. The van der Waals surface area contributed by atoms with Gasteiger partial charge in [-0.15, -0.1) is 0 Å². The van der Waals surface area contributed by atoms with Crippen LogP contribution < -0.4 is 22.3 Å². The number of aromatic amines is 1. The molecule has 0 amide bonds. The number of H-pyrrole nitrogens is 1. The molecule has 33 nitrogen and oxygen atoms in total. The SMILES string of the molecule is C.CC(C)(C)[C@H](OCc1cn([C@H]2CC(O)[C@@H](COP(=O)(O)OP(=O)(O)OP(=O)(O)O)O2)c2nc(N)[nH]c(=O)c12)c1ccccc1[N+](=O)[O-].COC1N=C(N)Nc2c1c(CO[C@H](c1ccccc1[N+](=O)[O-])C(C)(C)C)cn2[C@H]1CC(O)[C@@H](CO)O1.